The van der Waals surface area contributed by atoms with Crippen molar-refractivity contribution in [2.45, 2.75) is 31.7 Å². The Morgan fingerprint density at radius 2 is 1.88 bits per heavy atom. The molecule has 8 nitrogen and oxygen atoms in total. The molecule has 0 aliphatic carbocycles. The molecule has 0 atom stereocenters. The number of rotatable bonds is 8. The number of aryl methyl sites for hydroxylation is 1. The monoisotopic (exact) mass is 475 g/mol. The zero-order valence-corrected chi connectivity index (χ0v) is 20.2. The van der Waals surface area contributed by atoms with Crippen molar-refractivity contribution in [3.8, 4) is 0 Å². The Morgan fingerprint density at radius 1 is 1.16 bits per heavy atom. The fourth-order valence-corrected chi connectivity index (χ4v) is 5.51. The first-order valence-corrected chi connectivity index (χ1v) is 13.1. The van der Waals surface area contributed by atoms with E-state index in [-0.39, 0.29) is 17.5 Å². The molecular formula is C22H29N5O3S2. The molecule has 2 aromatic heterocycles. The number of sulfonamides is 1. The van der Waals surface area contributed by atoms with Crippen molar-refractivity contribution >= 4 is 43.3 Å². The molecule has 32 heavy (non-hydrogen) atoms. The Labute approximate surface area is 193 Å². The summed E-state index contributed by atoms with van der Waals surface area (Å²) in [5, 5.41) is 2.03. The Bertz CT molecular complexity index is 1160. The number of anilines is 2. The van der Waals surface area contributed by atoms with Gasteiger partial charge in [-0.2, -0.15) is 4.98 Å². The smallest absolute Gasteiger partial charge is 0.240 e. The number of hydrogen-bond donors (Lipinski definition) is 1. The molecular weight excluding hydrogens is 446 g/mol. The van der Waals surface area contributed by atoms with Gasteiger partial charge >= 0.3 is 0 Å². The molecule has 0 amide bonds. The van der Waals surface area contributed by atoms with E-state index in [4.69, 9.17) is 14.7 Å². The van der Waals surface area contributed by atoms with Crippen LogP contribution in [0.15, 0.2) is 40.6 Å². The number of nitrogens with one attached hydrogen (secondary N) is 1. The highest BCUT2D eigenvalue weighted by atomic mass is 32.2. The third-order valence-corrected chi connectivity index (χ3v) is 7.82. The predicted molar refractivity (Wildman–Crippen MR) is 129 cm³/mol. The summed E-state index contributed by atoms with van der Waals surface area (Å²) in [4.78, 5) is 14.3. The number of nitrogens with zero attached hydrogens (tertiary/aromatic N) is 4. The molecule has 1 aliphatic rings. The molecule has 0 spiro atoms. The van der Waals surface area contributed by atoms with Crippen LogP contribution < -0.4 is 14.5 Å². The standard InChI is InChI=1S/C22H29N5O3S2/c1-16(2)27(10-9-23-32(28,29)18-6-4-17(3)5-7-18)22-24-19-8-15-31-20(19)21(25-22)26-11-13-30-14-12-26/h4-8,15-16,23H,9-14H2,1-3H3. The van der Waals surface area contributed by atoms with Crippen molar-refractivity contribution in [3.05, 3.63) is 41.3 Å². The fraction of sp³-hybridized carbons (Fsp3) is 0.455. The summed E-state index contributed by atoms with van der Waals surface area (Å²) in [6.45, 7) is 9.71. The first kappa shape index (κ1) is 22.9. The Kier molecular flexibility index (Phi) is 6.94. The molecule has 0 bridgehead atoms. The Balaban J connectivity index is 1.54. The molecule has 1 N–H and O–H groups in total. The normalized spacial score (nSPS) is 14.9. The van der Waals surface area contributed by atoms with E-state index in [0.29, 0.717) is 25.7 Å². The van der Waals surface area contributed by atoms with Gasteiger partial charge in [-0.1, -0.05) is 17.7 Å². The van der Waals surface area contributed by atoms with Crippen LogP contribution in [0.3, 0.4) is 0 Å². The maximum atomic E-state index is 12.7. The average Bonchev–Trinajstić information content (AvgIpc) is 3.25. The minimum atomic E-state index is -3.57. The molecule has 0 radical (unpaired) electrons. The molecule has 1 aromatic carbocycles. The van der Waals surface area contributed by atoms with E-state index in [0.717, 1.165) is 34.7 Å². The summed E-state index contributed by atoms with van der Waals surface area (Å²) in [6, 6.07) is 8.96. The van der Waals surface area contributed by atoms with Crippen molar-refractivity contribution in [3.63, 3.8) is 0 Å². The first-order valence-electron chi connectivity index (χ1n) is 10.8. The number of morpholine rings is 1. The minimum absolute atomic E-state index is 0.104. The van der Waals surface area contributed by atoms with E-state index in [2.05, 4.69) is 23.5 Å². The van der Waals surface area contributed by atoms with Crippen LogP contribution in [0.2, 0.25) is 0 Å². The maximum Gasteiger partial charge on any atom is 0.240 e. The molecule has 3 heterocycles. The number of fused-ring (bicyclic) bond motifs is 1. The molecule has 0 unspecified atom stereocenters. The fourth-order valence-electron chi connectivity index (χ4n) is 3.64. The van der Waals surface area contributed by atoms with Crippen LogP contribution in [-0.2, 0) is 14.8 Å². The predicted octanol–water partition coefficient (Wildman–Crippen LogP) is 3.03. The van der Waals surface area contributed by atoms with E-state index in [1.807, 2.05) is 23.3 Å². The van der Waals surface area contributed by atoms with Crippen LogP contribution in [0, 0.1) is 6.92 Å². The van der Waals surface area contributed by atoms with Crippen molar-refractivity contribution in [1.29, 1.82) is 0 Å². The van der Waals surface area contributed by atoms with Crippen LogP contribution in [0.1, 0.15) is 19.4 Å². The summed E-state index contributed by atoms with van der Waals surface area (Å²) in [6.07, 6.45) is 0. The van der Waals surface area contributed by atoms with Crippen LogP contribution in [0.5, 0.6) is 0 Å². The molecule has 0 saturated carbocycles. The minimum Gasteiger partial charge on any atom is -0.378 e. The van der Waals surface area contributed by atoms with Gasteiger partial charge in [-0.05, 0) is 44.4 Å². The van der Waals surface area contributed by atoms with Crippen molar-refractivity contribution < 1.29 is 13.2 Å². The topological polar surface area (TPSA) is 87.7 Å². The van der Waals surface area contributed by atoms with Crippen molar-refractivity contribution in [2.24, 2.45) is 0 Å². The van der Waals surface area contributed by atoms with Crippen LogP contribution in [0.4, 0.5) is 11.8 Å². The van der Waals surface area contributed by atoms with Gasteiger partial charge in [-0.25, -0.2) is 18.1 Å². The lowest BCUT2D eigenvalue weighted by Crippen LogP contribution is -2.40. The number of thiophene rings is 1. The van der Waals surface area contributed by atoms with Gasteiger partial charge in [0.2, 0.25) is 16.0 Å². The quantitative estimate of drug-likeness (QED) is 0.536. The lowest BCUT2D eigenvalue weighted by Gasteiger charge is -2.31. The largest absolute Gasteiger partial charge is 0.378 e. The van der Waals surface area contributed by atoms with Gasteiger partial charge in [0.15, 0.2) is 5.82 Å². The maximum absolute atomic E-state index is 12.7. The Morgan fingerprint density at radius 3 is 2.56 bits per heavy atom. The summed E-state index contributed by atoms with van der Waals surface area (Å²) in [5.74, 6) is 1.54. The third-order valence-electron chi connectivity index (χ3n) is 5.44. The van der Waals surface area contributed by atoms with Crippen LogP contribution >= 0.6 is 11.3 Å². The van der Waals surface area contributed by atoms with Gasteiger partial charge in [0.25, 0.3) is 0 Å². The second kappa shape index (κ2) is 9.70. The molecule has 1 fully saturated rings. The summed E-state index contributed by atoms with van der Waals surface area (Å²) >= 11 is 1.64. The highest BCUT2D eigenvalue weighted by Gasteiger charge is 2.22. The molecule has 1 saturated heterocycles. The van der Waals surface area contributed by atoms with E-state index >= 15 is 0 Å². The third kappa shape index (κ3) is 5.03. The van der Waals surface area contributed by atoms with Gasteiger partial charge in [0, 0.05) is 32.2 Å². The van der Waals surface area contributed by atoms with E-state index < -0.39 is 10.0 Å². The molecule has 3 aromatic rings. The highest BCUT2D eigenvalue weighted by Crippen LogP contribution is 2.31. The van der Waals surface area contributed by atoms with Gasteiger partial charge in [-0.3, -0.25) is 0 Å². The Hall–Kier alpha value is -2.27. The summed E-state index contributed by atoms with van der Waals surface area (Å²) < 4.78 is 34.6. The zero-order chi connectivity index (χ0) is 22.7. The van der Waals surface area contributed by atoms with Crippen molar-refractivity contribution in [2.75, 3.05) is 49.2 Å². The lowest BCUT2D eigenvalue weighted by molar-refractivity contribution is 0.122. The number of benzene rings is 1. The van der Waals surface area contributed by atoms with Gasteiger partial charge < -0.3 is 14.5 Å². The zero-order valence-electron chi connectivity index (χ0n) is 18.6. The van der Waals surface area contributed by atoms with Crippen molar-refractivity contribution in [1.82, 2.24) is 14.7 Å². The molecule has 4 rings (SSSR count). The van der Waals surface area contributed by atoms with E-state index in [9.17, 15) is 8.42 Å². The SMILES string of the molecule is Cc1ccc(S(=O)(=O)NCCN(c2nc(N3CCOCC3)c3sccc3n2)C(C)C)cc1. The van der Waals surface area contributed by atoms with Gasteiger partial charge in [0.1, 0.15) is 0 Å². The second-order valence-corrected chi connectivity index (χ2v) is 10.8. The highest BCUT2D eigenvalue weighted by molar-refractivity contribution is 7.89. The second-order valence-electron chi connectivity index (χ2n) is 8.08. The average molecular weight is 476 g/mol. The number of hydrogen-bond acceptors (Lipinski definition) is 8. The van der Waals surface area contributed by atoms with E-state index in [1.165, 1.54) is 0 Å². The molecule has 10 heteroatoms. The molecule has 1 aliphatic heterocycles. The summed E-state index contributed by atoms with van der Waals surface area (Å²) in [7, 11) is -3.57. The first-order chi connectivity index (χ1) is 15.3. The molecule has 172 valence electrons. The van der Waals surface area contributed by atoms with E-state index in [1.54, 1.807) is 35.6 Å². The van der Waals surface area contributed by atoms with Gasteiger partial charge in [-0.15, -0.1) is 11.3 Å². The number of ether oxygens (including phenoxy) is 1. The number of aromatic nitrogens is 2. The lowest BCUT2D eigenvalue weighted by atomic mass is 10.2. The van der Waals surface area contributed by atoms with Crippen LogP contribution in [0.25, 0.3) is 10.2 Å². The van der Waals surface area contributed by atoms with Crippen LogP contribution in [-0.4, -0.2) is 63.8 Å². The summed E-state index contributed by atoms with van der Waals surface area (Å²) in [5.41, 5.74) is 1.93. The van der Waals surface area contributed by atoms with Gasteiger partial charge in [0.05, 0.1) is 28.3 Å².